The minimum Gasteiger partial charge on any atom is -0.394 e. The maximum atomic E-state index is 9.41. The Hall–Kier alpha value is -10.3. The van der Waals surface area contributed by atoms with Crippen molar-refractivity contribution >= 4 is 116 Å². The molecule has 22 rings (SSSR count). The maximum absolute atomic E-state index is 9.41. The monoisotopic (exact) mass is 1880 g/mol. The van der Waals surface area contributed by atoms with Crippen LogP contribution in [0.5, 0.6) is 0 Å². The van der Waals surface area contributed by atoms with Crippen LogP contribution >= 0.6 is 58.0 Å². The lowest BCUT2D eigenvalue weighted by Gasteiger charge is -2.52. The number of anilines is 5. The summed E-state index contributed by atoms with van der Waals surface area (Å²) in [5, 5.41) is 12.4. The van der Waals surface area contributed by atoms with Gasteiger partial charge in [0.05, 0.1) is 183 Å². The van der Waals surface area contributed by atoms with E-state index in [2.05, 4.69) is 103 Å². The predicted octanol–water partition coefficient (Wildman–Crippen LogP) is 11.7. The van der Waals surface area contributed by atoms with E-state index in [1.165, 1.54) is 12.8 Å². The van der Waals surface area contributed by atoms with Crippen LogP contribution in [0.25, 0.3) is 0 Å². The molecule has 11 aliphatic heterocycles. The second kappa shape index (κ2) is 38.2. The van der Waals surface area contributed by atoms with Crippen LogP contribution in [0.15, 0.2) is 117 Å². The van der Waals surface area contributed by atoms with Crippen molar-refractivity contribution in [1.29, 1.82) is 0 Å². The smallest absolute Gasteiger partial charge is 0.147 e. The highest BCUT2D eigenvalue weighted by Crippen LogP contribution is 2.49. The van der Waals surface area contributed by atoms with Gasteiger partial charge in [-0.1, -0.05) is 64.9 Å². The summed E-state index contributed by atoms with van der Waals surface area (Å²) in [5.41, 5.74) is 52.1. The van der Waals surface area contributed by atoms with Crippen molar-refractivity contribution < 1.29 is 9.84 Å². The average Bonchev–Trinajstić information content (AvgIpc) is 1.27. The Morgan fingerprint density at radius 2 is 0.697 bits per heavy atom. The molecule has 7 fully saturated rings. The topological polar surface area (TPSA) is 431 Å². The molecule has 1 saturated carbocycles. The van der Waals surface area contributed by atoms with Crippen molar-refractivity contribution in [2.24, 2.45) is 69.9 Å². The summed E-state index contributed by atoms with van der Waals surface area (Å²) < 4.78 is 5.62. The molecular formula is C95H111Cl5N30O2. The Kier molecular flexibility index (Phi) is 26.7. The first-order chi connectivity index (χ1) is 63.6. The van der Waals surface area contributed by atoms with E-state index in [9.17, 15) is 5.11 Å². The number of ether oxygens (including phenoxy) is 1. The van der Waals surface area contributed by atoms with E-state index >= 15 is 0 Å². The number of nitrogens with two attached hydrogens (primary N) is 5. The van der Waals surface area contributed by atoms with Crippen molar-refractivity contribution in [3.8, 4) is 0 Å². The molecule has 1 unspecified atom stereocenters. The third-order valence-electron chi connectivity index (χ3n) is 28.5. The highest BCUT2D eigenvalue weighted by atomic mass is 35.5. The van der Waals surface area contributed by atoms with Gasteiger partial charge in [0.1, 0.15) is 57.6 Å². The molecule has 688 valence electrons. The Morgan fingerprint density at radius 3 is 0.992 bits per heavy atom. The predicted molar refractivity (Wildman–Crippen MR) is 519 cm³/mol. The molecule has 12 aliphatic rings. The molecule has 0 amide bonds. The fourth-order valence-corrected chi connectivity index (χ4v) is 20.2. The van der Waals surface area contributed by atoms with E-state index in [0.717, 1.165) is 314 Å². The lowest BCUT2D eigenvalue weighted by molar-refractivity contribution is 0.0610. The number of hydrogen-bond donors (Lipinski definition) is 6. The lowest BCUT2D eigenvalue weighted by atomic mass is 9.60. The van der Waals surface area contributed by atoms with Gasteiger partial charge in [0.15, 0.2) is 0 Å². The van der Waals surface area contributed by atoms with E-state index < -0.39 is 5.54 Å². The summed E-state index contributed by atoms with van der Waals surface area (Å²) in [6.45, 7) is 27.9. The minimum atomic E-state index is -0.479. The van der Waals surface area contributed by atoms with Gasteiger partial charge in [-0.25, -0.2) is 49.8 Å². The van der Waals surface area contributed by atoms with Crippen LogP contribution < -0.4 is 53.2 Å². The number of pyridine rings is 5. The SMILES string of the molecule is Cc1cc(C2=NCc3nc(N4CCC(C)(CN)CC4)cnc32)c(Cl)cn1.Cc1cc(C2=NCc3nc(N4CCC5(CCC5N)CC4)cnc32)c(Cl)cn1.Cc1nccc(C2=NCc3nc(N4CCC(C)(N)CC4)cnc32)c1Cl.Cc1nccc(C2=NCc3nc(N4CCC(N)(CO)CC4)cnc32)c1Cl.Cc1nccc(C2=NCc3nc(N4CCC5(CC4)COC[C@H]5N)cnc32)c1Cl. The van der Waals surface area contributed by atoms with Crippen molar-refractivity contribution in [1.82, 2.24) is 74.8 Å². The van der Waals surface area contributed by atoms with Gasteiger partial charge in [0, 0.05) is 164 Å². The number of aliphatic imine (C=N–C) groups is 5. The zero-order valence-corrected chi connectivity index (χ0v) is 79.3. The molecule has 2 atom stereocenters. The Morgan fingerprint density at radius 1 is 0.386 bits per heavy atom. The summed E-state index contributed by atoms with van der Waals surface area (Å²) >= 11 is 31.9. The first-order valence-electron chi connectivity index (χ1n) is 45.4. The fourth-order valence-electron chi connectivity index (χ4n) is 19.2. The molecule has 0 radical (unpaired) electrons. The molecule has 6 saturated heterocycles. The third-order valence-corrected chi connectivity index (χ3v) is 30.5. The fraction of sp³-hybridized carbons (Fsp3) is 0.474. The molecule has 1 aliphatic carbocycles. The standard InChI is InChI=1S/C20H23ClN6O.C20H23ClN6.C19H23ClN6.C18H21ClN6O.C18H21ClN6/c1-12-17(21)13(2-5-23-12)18-19-14(8-24-18)26-16(9-25-19)27-6-3-20(4-7-27)11-28-10-15(20)22;1-12-8-13(14(21)9-23-12)18-19-15(10-24-18)26-17(11-25-19)27-6-4-20(5-7-27)3-2-16(20)22;1-12-7-13(14(20)8-22-12)17-18-15(9-23-17)25-16(10-24-18)26-5-3-19(2,11-21)4-6-26;1-11-15(19)12(2-5-21-11)16-17-13(8-22-16)24-14(9-23-17)25-6-3-18(20,10-26)4-7-25;1-11-15(19)12(3-6-21-11)16-17-13(9-22-16)24-14(10-23-17)25-7-4-18(2,20)5-8-25/h2,5,9,15H,3-4,6-8,10-11,22H2,1H3;8-9,11,16H,2-7,10,22H2,1H3;7-8,10H,3-6,9,11,21H2,1-2H3;2,5,9,26H,3-4,6-8,10,20H2,1H3;3,6,10H,4-5,7-9,20H2,1-2H3/t15-;;;;/m1..../s1. The van der Waals surface area contributed by atoms with Gasteiger partial charge in [-0.15, -0.1) is 0 Å². The normalized spacial score (nSPS) is 20.6. The summed E-state index contributed by atoms with van der Waals surface area (Å²) in [6.07, 6.45) is 30.1. The van der Waals surface area contributed by atoms with Crippen molar-refractivity contribution in [2.75, 3.05) is 116 Å². The minimum absolute atomic E-state index is 0.0139. The quantitative estimate of drug-likeness (QED) is 0.0661. The first kappa shape index (κ1) is 92.1. The molecular weight excluding hydrogens is 1770 g/mol. The van der Waals surface area contributed by atoms with Crippen LogP contribution in [-0.4, -0.2) is 223 Å². The molecule has 0 bridgehead atoms. The Labute approximate surface area is 793 Å². The number of aryl methyl sites for hydroxylation is 5. The summed E-state index contributed by atoms with van der Waals surface area (Å²) in [6, 6.07) is 10.1. The molecule has 10 aromatic rings. The van der Waals surface area contributed by atoms with Crippen molar-refractivity contribution in [3.05, 3.63) is 231 Å². The number of rotatable bonds is 12. The summed E-state index contributed by atoms with van der Waals surface area (Å²) in [7, 11) is 0. The van der Waals surface area contributed by atoms with Gasteiger partial charge in [-0.2, -0.15) is 0 Å². The van der Waals surface area contributed by atoms with Crippen molar-refractivity contribution in [2.45, 2.75) is 181 Å². The van der Waals surface area contributed by atoms with Crippen LogP contribution in [0.4, 0.5) is 29.1 Å². The maximum Gasteiger partial charge on any atom is 0.147 e. The van der Waals surface area contributed by atoms with Gasteiger partial charge in [-0.05, 0) is 166 Å². The first-order valence-corrected chi connectivity index (χ1v) is 47.3. The number of nitrogens with zero attached hydrogens (tertiary/aromatic N) is 25. The molecule has 32 nitrogen and oxygen atoms in total. The molecule has 2 spiro atoms. The average molecular weight is 1880 g/mol. The summed E-state index contributed by atoms with van der Waals surface area (Å²) in [4.78, 5) is 103. The number of aliphatic hydroxyl groups excluding tert-OH is 1. The lowest BCUT2D eigenvalue weighted by Crippen LogP contribution is -2.56. The number of hydrogen-bond acceptors (Lipinski definition) is 32. The van der Waals surface area contributed by atoms with Gasteiger partial charge in [0.2, 0.25) is 0 Å². The Bertz CT molecular complexity index is 6110. The summed E-state index contributed by atoms with van der Waals surface area (Å²) in [5.74, 6) is 4.52. The number of halogens is 5. The Balaban J connectivity index is 0.000000111. The second-order valence-corrected chi connectivity index (χ2v) is 39.4. The molecule has 37 heteroatoms. The number of piperidine rings is 5. The van der Waals surface area contributed by atoms with E-state index in [1.807, 2.05) is 89.7 Å². The van der Waals surface area contributed by atoms with Gasteiger partial charge >= 0.3 is 0 Å². The third kappa shape index (κ3) is 18.9. The van der Waals surface area contributed by atoms with Crippen LogP contribution in [0.3, 0.4) is 0 Å². The van der Waals surface area contributed by atoms with E-state index in [1.54, 1.807) is 37.2 Å². The van der Waals surface area contributed by atoms with Crippen molar-refractivity contribution in [3.63, 3.8) is 0 Å². The molecule has 0 aromatic carbocycles. The molecule has 11 N–H and O–H groups in total. The second-order valence-electron chi connectivity index (χ2n) is 37.4. The largest absolute Gasteiger partial charge is 0.394 e. The highest BCUT2D eigenvalue weighted by molar-refractivity contribution is 6.38. The van der Waals surface area contributed by atoms with Crippen LogP contribution in [0.1, 0.15) is 204 Å². The van der Waals surface area contributed by atoms with Crippen LogP contribution in [-0.2, 0) is 37.5 Å². The highest BCUT2D eigenvalue weighted by Gasteiger charge is 2.48. The van der Waals surface area contributed by atoms with Gasteiger partial charge < -0.3 is 63.0 Å². The van der Waals surface area contributed by atoms with Gasteiger partial charge in [0.25, 0.3) is 0 Å². The zero-order chi connectivity index (χ0) is 92.1. The van der Waals surface area contributed by atoms with E-state index in [-0.39, 0.29) is 29.0 Å². The molecule has 21 heterocycles. The van der Waals surface area contributed by atoms with Crippen LogP contribution in [0.2, 0.25) is 25.1 Å². The van der Waals surface area contributed by atoms with E-state index in [4.69, 9.17) is 126 Å². The number of aromatic nitrogens is 15. The van der Waals surface area contributed by atoms with E-state index in [0.29, 0.717) is 75.9 Å². The number of aliphatic hydroxyl groups is 1. The molecule has 10 aromatic heterocycles. The molecule has 132 heavy (non-hydrogen) atoms. The van der Waals surface area contributed by atoms with Crippen LogP contribution in [0, 0.1) is 50.9 Å². The van der Waals surface area contributed by atoms with Gasteiger partial charge in [-0.3, -0.25) is 49.9 Å². The zero-order valence-electron chi connectivity index (χ0n) is 75.5. The number of fused-ring (bicyclic) bond motifs is 5.